The molecule has 0 radical (unpaired) electrons. The van der Waals surface area contributed by atoms with E-state index in [0.717, 1.165) is 43.1 Å². The van der Waals surface area contributed by atoms with Gasteiger partial charge in [-0.05, 0) is 31.4 Å². The lowest BCUT2D eigenvalue weighted by atomic mass is 10.2. The van der Waals surface area contributed by atoms with Crippen molar-refractivity contribution in [2.45, 2.75) is 36.4 Å². The molecule has 24 heavy (non-hydrogen) atoms. The van der Waals surface area contributed by atoms with E-state index < -0.39 is 10.0 Å². The first kappa shape index (κ1) is 23.4. The number of nitrogens with two attached hydrogens (primary N) is 1. The number of thiophene rings is 1. The number of rotatable bonds is 9. The van der Waals surface area contributed by atoms with Gasteiger partial charge >= 0.3 is 0 Å². The molecular weight excluding hydrogens is 459 g/mol. The molecule has 0 saturated heterocycles. The molecule has 0 aliphatic rings. The summed E-state index contributed by atoms with van der Waals surface area (Å²) in [7, 11) is 0.111. The SMILES string of the molecule is C=CCCCCCN(C)C(=NC)NCc1ccc(S(N)(=O)=O)s1.I. The Morgan fingerprint density at radius 1 is 1.42 bits per heavy atom. The maximum absolute atomic E-state index is 11.3. The summed E-state index contributed by atoms with van der Waals surface area (Å²) >= 11 is 1.17. The minimum atomic E-state index is -3.62. The van der Waals surface area contributed by atoms with Crippen molar-refractivity contribution in [2.24, 2.45) is 10.1 Å². The minimum Gasteiger partial charge on any atom is -0.351 e. The molecule has 138 valence electrons. The second-order valence-electron chi connectivity index (χ2n) is 5.23. The van der Waals surface area contributed by atoms with Gasteiger partial charge in [-0.1, -0.05) is 12.5 Å². The zero-order valence-corrected chi connectivity index (χ0v) is 18.2. The molecule has 0 atom stereocenters. The van der Waals surface area contributed by atoms with Gasteiger partial charge in [0.1, 0.15) is 4.21 Å². The molecule has 0 bridgehead atoms. The topological polar surface area (TPSA) is 87.8 Å². The van der Waals surface area contributed by atoms with Crippen LogP contribution in [0.5, 0.6) is 0 Å². The highest BCUT2D eigenvalue weighted by Crippen LogP contribution is 2.20. The number of allylic oxidation sites excluding steroid dienone is 1. The predicted octanol–water partition coefficient (Wildman–Crippen LogP) is 2.77. The third-order valence-corrected chi connectivity index (χ3v) is 5.84. The Kier molecular flexibility index (Phi) is 11.5. The van der Waals surface area contributed by atoms with Crippen molar-refractivity contribution in [1.82, 2.24) is 10.2 Å². The molecule has 0 saturated carbocycles. The summed E-state index contributed by atoms with van der Waals surface area (Å²) in [5, 5.41) is 8.35. The second-order valence-corrected chi connectivity index (χ2v) is 8.18. The van der Waals surface area contributed by atoms with Crippen molar-refractivity contribution < 1.29 is 8.42 Å². The highest BCUT2D eigenvalue weighted by molar-refractivity contribution is 14.0. The Bertz CT molecular complexity index is 629. The van der Waals surface area contributed by atoms with Crippen LogP contribution in [0, 0.1) is 0 Å². The van der Waals surface area contributed by atoms with Crippen LogP contribution in [0.4, 0.5) is 0 Å². The first-order valence-corrected chi connectivity index (χ1v) is 9.89. The van der Waals surface area contributed by atoms with Crippen LogP contribution < -0.4 is 10.5 Å². The number of unbranched alkanes of at least 4 members (excludes halogenated alkanes) is 3. The van der Waals surface area contributed by atoms with E-state index in [1.165, 1.54) is 17.4 Å². The quantitative estimate of drug-likeness (QED) is 0.185. The summed E-state index contributed by atoms with van der Waals surface area (Å²) in [4.78, 5) is 7.22. The Morgan fingerprint density at radius 3 is 2.67 bits per heavy atom. The average molecular weight is 486 g/mol. The molecule has 1 heterocycles. The number of nitrogens with one attached hydrogen (secondary N) is 1. The van der Waals surface area contributed by atoms with Crippen molar-refractivity contribution in [3.8, 4) is 0 Å². The number of aliphatic imine (C=N–C) groups is 1. The monoisotopic (exact) mass is 486 g/mol. The molecule has 0 unspecified atom stereocenters. The van der Waals surface area contributed by atoms with Crippen molar-refractivity contribution >= 4 is 51.3 Å². The lowest BCUT2D eigenvalue weighted by Crippen LogP contribution is -2.38. The normalized spacial score (nSPS) is 11.7. The molecule has 1 rings (SSSR count). The molecule has 0 aliphatic heterocycles. The van der Waals surface area contributed by atoms with Gasteiger partial charge in [0, 0.05) is 25.5 Å². The van der Waals surface area contributed by atoms with Crippen LogP contribution in [0.25, 0.3) is 0 Å². The molecule has 6 nitrogen and oxygen atoms in total. The molecule has 1 aromatic rings. The summed E-state index contributed by atoms with van der Waals surface area (Å²) in [6, 6.07) is 3.29. The van der Waals surface area contributed by atoms with Crippen LogP contribution in [0.15, 0.2) is 34.0 Å². The number of sulfonamides is 1. The van der Waals surface area contributed by atoms with Gasteiger partial charge in [0.2, 0.25) is 10.0 Å². The summed E-state index contributed by atoms with van der Waals surface area (Å²) in [6.07, 6.45) is 6.42. The maximum Gasteiger partial charge on any atom is 0.247 e. The van der Waals surface area contributed by atoms with E-state index in [-0.39, 0.29) is 28.2 Å². The number of guanidine groups is 1. The number of hydrogen-bond donors (Lipinski definition) is 2. The predicted molar refractivity (Wildman–Crippen MR) is 113 cm³/mol. The zero-order chi connectivity index (χ0) is 17.3. The molecule has 1 aromatic heterocycles. The molecule has 9 heteroatoms. The van der Waals surface area contributed by atoms with E-state index >= 15 is 0 Å². The van der Waals surface area contributed by atoms with Gasteiger partial charge in [-0.25, -0.2) is 13.6 Å². The van der Waals surface area contributed by atoms with Gasteiger partial charge in [0.05, 0.1) is 6.54 Å². The Hall–Kier alpha value is -0.650. The highest BCUT2D eigenvalue weighted by Gasteiger charge is 2.12. The van der Waals surface area contributed by atoms with Crippen LogP contribution >= 0.6 is 35.3 Å². The lowest BCUT2D eigenvalue weighted by Gasteiger charge is -2.21. The molecule has 0 aliphatic carbocycles. The van der Waals surface area contributed by atoms with E-state index in [9.17, 15) is 8.42 Å². The standard InChI is InChI=1S/C15H26N4O2S2.HI/c1-4-5-6-7-8-11-19(3)15(17-2)18-12-13-9-10-14(22-13)23(16,20)21;/h4,9-10H,1,5-8,11-12H2,2-3H3,(H,17,18)(H2,16,20,21);1H. The first-order valence-electron chi connectivity index (χ1n) is 7.52. The number of halogens is 1. The van der Waals surface area contributed by atoms with Gasteiger partial charge in [0.15, 0.2) is 5.96 Å². The highest BCUT2D eigenvalue weighted by atomic mass is 127. The van der Waals surface area contributed by atoms with Crippen molar-refractivity contribution in [3.63, 3.8) is 0 Å². The lowest BCUT2D eigenvalue weighted by molar-refractivity contribution is 0.455. The number of nitrogens with zero attached hydrogens (tertiary/aromatic N) is 2. The van der Waals surface area contributed by atoms with Gasteiger partial charge < -0.3 is 10.2 Å². The fourth-order valence-electron chi connectivity index (χ4n) is 2.08. The van der Waals surface area contributed by atoms with Gasteiger partial charge in [-0.2, -0.15) is 0 Å². The molecule has 3 N–H and O–H groups in total. The van der Waals surface area contributed by atoms with Gasteiger partial charge in [-0.3, -0.25) is 4.99 Å². The van der Waals surface area contributed by atoms with Gasteiger partial charge in [-0.15, -0.1) is 41.9 Å². The largest absolute Gasteiger partial charge is 0.351 e. The summed E-state index contributed by atoms with van der Waals surface area (Å²) in [6.45, 7) is 5.16. The summed E-state index contributed by atoms with van der Waals surface area (Å²) < 4.78 is 22.7. The molecular formula is C15H27IN4O2S2. The summed E-state index contributed by atoms with van der Waals surface area (Å²) in [5.74, 6) is 0.791. The fourth-order valence-corrected chi connectivity index (χ4v) is 3.80. The Labute approximate surface area is 166 Å². The van der Waals surface area contributed by atoms with E-state index in [2.05, 4.69) is 21.8 Å². The summed E-state index contributed by atoms with van der Waals surface area (Å²) in [5.41, 5.74) is 0. The molecule has 0 spiro atoms. The Morgan fingerprint density at radius 2 is 2.12 bits per heavy atom. The van der Waals surface area contributed by atoms with Crippen LogP contribution in [-0.4, -0.2) is 39.9 Å². The van der Waals surface area contributed by atoms with E-state index in [0.29, 0.717) is 6.54 Å². The van der Waals surface area contributed by atoms with Crippen LogP contribution in [0.2, 0.25) is 0 Å². The zero-order valence-electron chi connectivity index (χ0n) is 14.2. The Balaban J connectivity index is 0.00000529. The van der Waals surface area contributed by atoms with E-state index in [1.54, 1.807) is 13.1 Å². The first-order chi connectivity index (χ1) is 10.9. The second kappa shape index (κ2) is 11.8. The molecule has 0 fully saturated rings. The fraction of sp³-hybridized carbons (Fsp3) is 0.533. The maximum atomic E-state index is 11.3. The van der Waals surface area contributed by atoms with E-state index in [1.807, 2.05) is 13.1 Å². The van der Waals surface area contributed by atoms with Gasteiger partial charge in [0.25, 0.3) is 0 Å². The number of primary sulfonamides is 1. The molecule has 0 amide bonds. The van der Waals surface area contributed by atoms with Crippen LogP contribution in [0.1, 0.15) is 30.6 Å². The average Bonchev–Trinajstić information content (AvgIpc) is 2.96. The van der Waals surface area contributed by atoms with Crippen LogP contribution in [-0.2, 0) is 16.6 Å². The molecule has 0 aromatic carbocycles. The van der Waals surface area contributed by atoms with Crippen LogP contribution in [0.3, 0.4) is 0 Å². The van der Waals surface area contributed by atoms with Crippen molar-refractivity contribution in [3.05, 3.63) is 29.7 Å². The number of hydrogen-bond acceptors (Lipinski definition) is 4. The van der Waals surface area contributed by atoms with Crippen molar-refractivity contribution in [2.75, 3.05) is 20.6 Å². The third kappa shape index (κ3) is 8.45. The van der Waals surface area contributed by atoms with Crippen molar-refractivity contribution in [1.29, 1.82) is 0 Å². The smallest absolute Gasteiger partial charge is 0.247 e. The third-order valence-electron chi connectivity index (χ3n) is 3.31. The minimum absolute atomic E-state index is 0. The van der Waals surface area contributed by atoms with E-state index in [4.69, 9.17) is 5.14 Å².